The molecule has 1 aliphatic rings. The Kier molecular flexibility index (Phi) is 5.35. The predicted octanol–water partition coefficient (Wildman–Crippen LogP) is 0.740. The van der Waals surface area contributed by atoms with Crippen molar-refractivity contribution in [2.24, 2.45) is 11.7 Å². The van der Waals surface area contributed by atoms with Crippen molar-refractivity contribution in [3.8, 4) is 0 Å². The highest BCUT2D eigenvalue weighted by atomic mass is 16.5. The van der Waals surface area contributed by atoms with E-state index in [2.05, 4.69) is 12.2 Å². The molecule has 2 unspecified atom stereocenters. The van der Waals surface area contributed by atoms with Crippen LogP contribution >= 0.6 is 0 Å². The van der Waals surface area contributed by atoms with Crippen LogP contribution in [0.2, 0.25) is 0 Å². The van der Waals surface area contributed by atoms with Gasteiger partial charge >= 0.3 is 0 Å². The summed E-state index contributed by atoms with van der Waals surface area (Å²) >= 11 is 0. The Morgan fingerprint density at radius 1 is 1.62 bits per heavy atom. The molecule has 0 aromatic rings. The van der Waals surface area contributed by atoms with Crippen LogP contribution in [-0.4, -0.2) is 32.3 Å². The summed E-state index contributed by atoms with van der Waals surface area (Å²) in [5.41, 5.74) is 5.52. The Balaban J connectivity index is 1.88. The first-order valence-corrected chi connectivity index (χ1v) is 5.35. The third-order valence-corrected chi connectivity index (χ3v) is 2.61. The Morgan fingerprint density at radius 3 is 3.08 bits per heavy atom. The first-order chi connectivity index (χ1) is 6.33. The van der Waals surface area contributed by atoms with Crippen LogP contribution in [0.3, 0.4) is 0 Å². The average molecular weight is 186 g/mol. The molecular weight excluding hydrogens is 164 g/mol. The number of rotatable bonds is 6. The maximum atomic E-state index is 5.52. The summed E-state index contributed by atoms with van der Waals surface area (Å²) < 4.78 is 5.50. The molecule has 0 aromatic heterocycles. The first kappa shape index (κ1) is 11.0. The fourth-order valence-electron chi connectivity index (χ4n) is 1.53. The molecular formula is C10H22N2O. The lowest BCUT2D eigenvalue weighted by atomic mass is 10.1. The second kappa shape index (κ2) is 6.35. The van der Waals surface area contributed by atoms with Crippen LogP contribution in [0.4, 0.5) is 0 Å². The van der Waals surface area contributed by atoms with Crippen LogP contribution < -0.4 is 11.1 Å². The van der Waals surface area contributed by atoms with Crippen LogP contribution in [0.25, 0.3) is 0 Å². The minimum atomic E-state index is 0.466. The third kappa shape index (κ3) is 4.60. The summed E-state index contributed by atoms with van der Waals surface area (Å²) in [6.45, 7) is 6.01. The molecule has 0 saturated carbocycles. The van der Waals surface area contributed by atoms with Gasteiger partial charge in [-0.2, -0.15) is 0 Å². The van der Waals surface area contributed by atoms with Gasteiger partial charge in [0.15, 0.2) is 0 Å². The van der Waals surface area contributed by atoms with Gasteiger partial charge < -0.3 is 15.8 Å². The van der Waals surface area contributed by atoms with Crippen molar-refractivity contribution < 1.29 is 4.74 Å². The first-order valence-electron chi connectivity index (χ1n) is 5.35. The molecule has 0 bridgehead atoms. The molecule has 0 amide bonds. The Hall–Kier alpha value is -0.120. The van der Waals surface area contributed by atoms with Crippen molar-refractivity contribution >= 4 is 0 Å². The molecule has 1 fully saturated rings. The molecule has 3 N–H and O–H groups in total. The van der Waals surface area contributed by atoms with Crippen molar-refractivity contribution in [3.05, 3.63) is 0 Å². The molecule has 3 nitrogen and oxygen atoms in total. The Labute approximate surface area is 81.0 Å². The highest BCUT2D eigenvalue weighted by Gasteiger charge is 2.14. The van der Waals surface area contributed by atoms with E-state index in [1.54, 1.807) is 0 Å². The zero-order valence-electron chi connectivity index (χ0n) is 8.59. The number of hydrogen-bond donors (Lipinski definition) is 2. The van der Waals surface area contributed by atoms with Gasteiger partial charge in [-0.15, -0.1) is 0 Å². The molecule has 1 saturated heterocycles. The van der Waals surface area contributed by atoms with Crippen molar-refractivity contribution in [3.63, 3.8) is 0 Å². The summed E-state index contributed by atoms with van der Waals surface area (Å²) in [6, 6.07) is 0. The highest BCUT2D eigenvalue weighted by Crippen LogP contribution is 2.10. The number of ether oxygens (including phenoxy) is 1. The minimum Gasteiger partial charge on any atom is -0.377 e. The molecule has 0 radical (unpaired) electrons. The topological polar surface area (TPSA) is 47.3 Å². The SMILES string of the molecule is CC(CN)CCNCC1CCCO1. The van der Waals surface area contributed by atoms with Gasteiger partial charge in [0.05, 0.1) is 6.10 Å². The zero-order valence-corrected chi connectivity index (χ0v) is 8.59. The fourth-order valence-corrected chi connectivity index (χ4v) is 1.53. The molecule has 0 aromatic carbocycles. The van der Waals surface area contributed by atoms with Crippen LogP contribution in [0.15, 0.2) is 0 Å². The van der Waals surface area contributed by atoms with Gasteiger partial charge in [0.25, 0.3) is 0 Å². The lowest BCUT2D eigenvalue weighted by Gasteiger charge is -2.12. The molecule has 3 heteroatoms. The van der Waals surface area contributed by atoms with E-state index in [0.29, 0.717) is 12.0 Å². The van der Waals surface area contributed by atoms with Crippen molar-refractivity contribution in [1.29, 1.82) is 0 Å². The quantitative estimate of drug-likeness (QED) is 0.601. The Morgan fingerprint density at radius 2 is 2.46 bits per heavy atom. The number of nitrogens with one attached hydrogen (secondary N) is 1. The van der Waals surface area contributed by atoms with Crippen LogP contribution in [0, 0.1) is 5.92 Å². The lowest BCUT2D eigenvalue weighted by Crippen LogP contribution is -2.28. The summed E-state index contributed by atoms with van der Waals surface area (Å²) in [5, 5.41) is 3.41. The van der Waals surface area contributed by atoms with Gasteiger partial charge in [-0.25, -0.2) is 0 Å². The van der Waals surface area contributed by atoms with Gasteiger partial charge in [-0.1, -0.05) is 6.92 Å². The predicted molar refractivity (Wildman–Crippen MR) is 54.7 cm³/mol. The van der Waals surface area contributed by atoms with E-state index in [1.807, 2.05) is 0 Å². The Bertz CT molecular complexity index is 124. The smallest absolute Gasteiger partial charge is 0.0700 e. The van der Waals surface area contributed by atoms with Crippen molar-refractivity contribution in [2.75, 3.05) is 26.2 Å². The molecule has 2 atom stereocenters. The second-order valence-corrected chi connectivity index (χ2v) is 3.97. The monoisotopic (exact) mass is 186 g/mol. The van der Waals surface area contributed by atoms with Gasteiger partial charge in [0.1, 0.15) is 0 Å². The summed E-state index contributed by atoms with van der Waals surface area (Å²) in [5.74, 6) is 0.636. The van der Waals surface area contributed by atoms with E-state index in [-0.39, 0.29) is 0 Å². The third-order valence-electron chi connectivity index (χ3n) is 2.61. The molecule has 1 aliphatic heterocycles. The van der Waals surface area contributed by atoms with Crippen molar-refractivity contribution in [1.82, 2.24) is 5.32 Å². The average Bonchev–Trinajstić information content (AvgIpc) is 2.64. The standard InChI is InChI=1S/C10H22N2O/c1-9(7-11)4-5-12-8-10-3-2-6-13-10/h9-10,12H,2-8,11H2,1H3. The van der Waals surface area contributed by atoms with Gasteiger partial charge in [0, 0.05) is 13.2 Å². The second-order valence-electron chi connectivity index (χ2n) is 3.97. The molecule has 1 rings (SSSR count). The van der Waals surface area contributed by atoms with Gasteiger partial charge in [-0.05, 0) is 38.3 Å². The molecule has 0 aliphatic carbocycles. The fraction of sp³-hybridized carbons (Fsp3) is 1.00. The van der Waals surface area contributed by atoms with E-state index < -0.39 is 0 Å². The maximum Gasteiger partial charge on any atom is 0.0700 e. The minimum absolute atomic E-state index is 0.466. The van der Waals surface area contributed by atoms with E-state index in [0.717, 1.165) is 26.2 Å². The summed E-state index contributed by atoms with van der Waals surface area (Å²) in [6.07, 6.45) is 4.09. The zero-order chi connectivity index (χ0) is 9.52. The van der Waals surface area contributed by atoms with Crippen LogP contribution in [0.1, 0.15) is 26.2 Å². The summed E-state index contributed by atoms with van der Waals surface area (Å²) in [7, 11) is 0. The maximum absolute atomic E-state index is 5.52. The normalized spacial score (nSPS) is 24.9. The number of hydrogen-bond acceptors (Lipinski definition) is 3. The summed E-state index contributed by atoms with van der Waals surface area (Å²) in [4.78, 5) is 0. The lowest BCUT2D eigenvalue weighted by molar-refractivity contribution is 0.110. The molecule has 0 spiro atoms. The van der Waals surface area contributed by atoms with Crippen molar-refractivity contribution in [2.45, 2.75) is 32.3 Å². The molecule has 78 valence electrons. The van der Waals surface area contributed by atoms with E-state index in [9.17, 15) is 0 Å². The largest absolute Gasteiger partial charge is 0.377 e. The molecule has 13 heavy (non-hydrogen) atoms. The van der Waals surface area contributed by atoms with E-state index in [1.165, 1.54) is 19.3 Å². The van der Waals surface area contributed by atoms with Crippen LogP contribution in [0.5, 0.6) is 0 Å². The highest BCUT2D eigenvalue weighted by molar-refractivity contribution is 4.67. The van der Waals surface area contributed by atoms with Crippen LogP contribution in [-0.2, 0) is 4.74 Å². The van der Waals surface area contributed by atoms with Gasteiger partial charge in [-0.3, -0.25) is 0 Å². The van der Waals surface area contributed by atoms with Gasteiger partial charge in [0.2, 0.25) is 0 Å². The number of nitrogens with two attached hydrogens (primary N) is 1. The van der Waals surface area contributed by atoms with E-state index >= 15 is 0 Å². The molecule has 1 heterocycles. The van der Waals surface area contributed by atoms with E-state index in [4.69, 9.17) is 10.5 Å².